The number of nitrogens with zero attached hydrogens (tertiary/aromatic N) is 3. The number of aldehydes is 1. The molecular formula is C13H9N3O2S. The second-order valence-corrected chi connectivity index (χ2v) is 4.65. The summed E-state index contributed by atoms with van der Waals surface area (Å²) < 4.78 is 7.10. The second kappa shape index (κ2) is 5.03. The van der Waals surface area contributed by atoms with E-state index in [1.807, 2.05) is 30.3 Å². The van der Waals surface area contributed by atoms with Gasteiger partial charge in [-0.2, -0.15) is 4.98 Å². The lowest BCUT2D eigenvalue weighted by molar-refractivity contribution is 0.112. The van der Waals surface area contributed by atoms with E-state index in [1.165, 1.54) is 11.3 Å². The molecule has 0 aliphatic carbocycles. The van der Waals surface area contributed by atoms with E-state index in [2.05, 4.69) is 10.1 Å². The standard InChI is InChI=1S/C13H9N3O2S/c17-7-12-6-11(8-19-12)18-13-14-9-16(15-13)10-4-2-1-3-5-10/h1-9H. The summed E-state index contributed by atoms with van der Waals surface area (Å²) in [6.07, 6.45) is 2.37. The normalized spacial score (nSPS) is 10.3. The van der Waals surface area contributed by atoms with E-state index in [-0.39, 0.29) is 6.01 Å². The third-order valence-corrected chi connectivity index (χ3v) is 3.25. The molecule has 5 nitrogen and oxygen atoms in total. The Morgan fingerprint density at radius 2 is 2.11 bits per heavy atom. The maximum atomic E-state index is 10.6. The minimum absolute atomic E-state index is 0.249. The van der Waals surface area contributed by atoms with Crippen LogP contribution in [-0.2, 0) is 0 Å². The van der Waals surface area contributed by atoms with E-state index < -0.39 is 0 Å². The van der Waals surface area contributed by atoms with Crippen molar-refractivity contribution in [2.45, 2.75) is 0 Å². The highest BCUT2D eigenvalue weighted by Gasteiger charge is 2.06. The monoisotopic (exact) mass is 271 g/mol. The molecule has 0 unspecified atom stereocenters. The quantitative estimate of drug-likeness (QED) is 0.684. The number of carbonyl (C=O) groups is 1. The Balaban J connectivity index is 1.80. The zero-order chi connectivity index (χ0) is 13.1. The van der Waals surface area contributed by atoms with E-state index in [1.54, 1.807) is 22.5 Å². The molecule has 2 heterocycles. The minimum Gasteiger partial charge on any atom is -0.422 e. The predicted molar refractivity (Wildman–Crippen MR) is 71.1 cm³/mol. The SMILES string of the molecule is O=Cc1cc(Oc2ncn(-c3ccccc3)n2)cs1. The highest BCUT2D eigenvalue weighted by atomic mass is 32.1. The molecule has 2 aromatic heterocycles. The van der Waals surface area contributed by atoms with E-state index in [0.29, 0.717) is 10.6 Å². The Bertz CT molecular complexity index is 691. The van der Waals surface area contributed by atoms with E-state index >= 15 is 0 Å². The van der Waals surface area contributed by atoms with Gasteiger partial charge < -0.3 is 4.74 Å². The highest BCUT2D eigenvalue weighted by molar-refractivity contribution is 7.11. The molecule has 94 valence electrons. The van der Waals surface area contributed by atoms with Gasteiger partial charge in [-0.25, -0.2) is 4.68 Å². The first kappa shape index (κ1) is 11.6. The van der Waals surface area contributed by atoms with Crippen LogP contribution in [0.25, 0.3) is 5.69 Å². The molecule has 6 heteroatoms. The van der Waals surface area contributed by atoms with Gasteiger partial charge in [-0.05, 0) is 12.1 Å². The largest absolute Gasteiger partial charge is 0.422 e. The van der Waals surface area contributed by atoms with Crippen molar-refractivity contribution in [1.82, 2.24) is 14.8 Å². The van der Waals surface area contributed by atoms with Crippen LogP contribution in [0.3, 0.4) is 0 Å². The lowest BCUT2D eigenvalue weighted by Crippen LogP contribution is -1.94. The molecule has 0 radical (unpaired) electrons. The molecule has 3 aromatic rings. The van der Waals surface area contributed by atoms with Gasteiger partial charge in [0.05, 0.1) is 10.6 Å². The van der Waals surface area contributed by atoms with Crippen LogP contribution >= 0.6 is 11.3 Å². The summed E-state index contributed by atoms with van der Waals surface area (Å²) in [4.78, 5) is 15.3. The summed E-state index contributed by atoms with van der Waals surface area (Å²) in [6, 6.07) is 11.5. The summed E-state index contributed by atoms with van der Waals surface area (Å²) >= 11 is 1.32. The summed E-state index contributed by atoms with van der Waals surface area (Å²) in [6.45, 7) is 0. The zero-order valence-electron chi connectivity index (χ0n) is 9.76. The fourth-order valence-corrected chi connectivity index (χ4v) is 2.16. The van der Waals surface area contributed by atoms with Crippen LogP contribution in [0.5, 0.6) is 11.8 Å². The van der Waals surface area contributed by atoms with Crippen molar-refractivity contribution < 1.29 is 9.53 Å². The van der Waals surface area contributed by atoms with Crippen molar-refractivity contribution in [3.8, 4) is 17.4 Å². The van der Waals surface area contributed by atoms with Crippen LogP contribution in [-0.4, -0.2) is 21.1 Å². The molecule has 0 fully saturated rings. The van der Waals surface area contributed by atoms with Crippen molar-refractivity contribution >= 4 is 17.6 Å². The average molecular weight is 271 g/mol. The average Bonchev–Trinajstić information content (AvgIpc) is 3.09. The van der Waals surface area contributed by atoms with Crippen LogP contribution < -0.4 is 4.74 Å². The first-order chi connectivity index (χ1) is 9.35. The van der Waals surface area contributed by atoms with Crippen molar-refractivity contribution in [3.63, 3.8) is 0 Å². The molecular weight excluding hydrogens is 262 g/mol. The van der Waals surface area contributed by atoms with Gasteiger partial charge in [-0.1, -0.05) is 18.2 Å². The number of aromatic nitrogens is 3. The van der Waals surface area contributed by atoms with Crippen LogP contribution in [0.15, 0.2) is 48.1 Å². The molecule has 0 N–H and O–H groups in total. The fraction of sp³-hybridized carbons (Fsp3) is 0. The summed E-state index contributed by atoms with van der Waals surface area (Å²) in [7, 11) is 0. The Morgan fingerprint density at radius 3 is 2.84 bits per heavy atom. The smallest absolute Gasteiger partial charge is 0.341 e. The summed E-state index contributed by atoms with van der Waals surface area (Å²) in [5, 5.41) is 5.95. The Morgan fingerprint density at radius 1 is 1.26 bits per heavy atom. The molecule has 0 aliphatic rings. The van der Waals surface area contributed by atoms with Crippen LogP contribution in [0.1, 0.15) is 9.67 Å². The third kappa shape index (κ3) is 2.53. The van der Waals surface area contributed by atoms with Crippen LogP contribution in [0, 0.1) is 0 Å². The van der Waals surface area contributed by atoms with Gasteiger partial charge in [0.1, 0.15) is 12.1 Å². The van der Waals surface area contributed by atoms with Crippen molar-refractivity contribution in [1.29, 1.82) is 0 Å². The van der Waals surface area contributed by atoms with Crippen molar-refractivity contribution in [2.24, 2.45) is 0 Å². The Hall–Kier alpha value is -2.47. The predicted octanol–water partition coefficient (Wildman–Crippen LogP) is 2.93. The lowest BCUT2D eigenvalue weighted by Gasteiger charge is -1.98. The molecule has 19 heavy (non-hydrogen) atoms. The molecule has 0 spiro atoms. The van der Waals surface area contributed by atoms with E-state index in [4.69, 9.17) is 4.74 Å². The minimum atomic E-state index is 0.249. The maximum Gasteiger partial charge on any atom is 0.341 e. The molecule has 3 rings (SSSR count). The van der Waals surface area contributed by atoms with Crippen molar-refractivity contribution in [2.75, 3.05) is 0 Å². The summed E-state index contributed by atoms with van der Waals surface area (Å²) in [5.41, 5.74) is 0.906. The zero-order valence-corrected chi connectivity index (χ0v) is 10.6. The first-order valence-electron chi connectivity index (χ1n) is 5.54. The third-order valence-electron chi connectivity index (χ3n) is 2.41. The highest BCUT2D eigenvalue weighted by Crippen LogP contribution is 2.24. The van der Waals surface area contributed by atoms with E-state index in [0.717, 1.165) is 12.0 Å². The molecule has 0 saturated carbocycles. The molecule has 1 aromatic carbocycles. The van der Waals surface area contributed by atoms with Gasteiger partial charge in [0.2, 0.25) is 0 Å². The molecule has 0 aliphatic heterocycles. The number of ether oxygens (including phenoxy) is 1. The molecule has 0 saturated heterocycles. The number of carbonyl (C=O) groups excluding carboxylic acids is 1. The summed E-state index contributed by atoms with van der Waals surface area (Å²) in [5.74, 6) is 0.568. The number of hydrogen-bond donors (Lipinski definition) is 0. The number of para-hydroxylation sites is 1. The topological polar surface area (TPSA) is 57.0 Å². The van der Waals surface area contributed by atoms with Gasteiger partial charge in [-0.15, -0.1) is 16.4 Å². The first-order valence-corrected chi connectivity index (χ1v) is 6.42. The fourth-order valence-electron chi connectivity index (χ4n) is 1.55. The molecule has 0 amide bonds. The number of benzene rings is 1. The Labute approximate surface area is 113 Å². The second-order valence-electron chi connectivity index (χ2n) is 3.71. The van der Waals surface area contributed by atoms with Gasteiger partial charge in [-0.3, -0.25) is 4.79 Å². The van der Waals surface area contributed by atoms with Gasteiger partial charge >= 0.3 is 6.01 Å². The van der Waals surface area contributed by atoms with Crippen LogP contribution in [0.2, 0.25) is 0 Å². The van der Waals surface area contributed by atoms with Crippen LogP contribution in [0.4, 0.5) is 0 Å². The van der Waals surface area contributed by atoms with Gasteiger partial charge in [0.25, 0.3) is 0 Å². The Kier molecular flexibility index (Phi) is 3.07. The van der Waals surface area contributed by atoms with Gasteiger partial charge in [0, 0.05) is 11.4 Å². The lowest BCUT2D eigenvalue weighted by atomic mass is 10.3. The molecule has 0 atom stereocenters. The number of thiophene rings is 1. The number of hydrogen-bond acceptors (Lipinski definition) is 5. The maximum absolute atomic E-state index is 10.6. The van der Waals surface area contributed by atoms with Crippen molar-refractivity contribution in [3.05, 3.63) is 53.0 Å². The number of rotatable bonds is 4. The van der Waals surface area contributed by atoms with Gasteiger partial charge in [0.15, 0.2) is 6.29 Å². The molecule has 0 bridgehead atoms. The van der Waals surface area contributed by atoms with E-state index in [9.17, 15) is 4.79 Å².